The van der Waals surface area contributed by atoms with E-state index in [2.05, 4.69) is 45.0 Å². The molecule has 3 aliphatic rings. The summed E-state index contributed by atoms with van der Waals surface area (Å²) in [5.74, 6) is 1.17. The van der Waals surface area contributed by atoms with Gasteiger partial charge in [-0.1, -0.05) is 12.1 Å². The quantitative estimate of drug-likeness (QED) is 0.601. The highest BCUT2D eigenvalue weighted by Gasteiger charge is 2.30. The highest BCUT2D eigenvalue weighted by molar-refractivity contribution is 7.89. The standard InChI is InChI=1S/C26H37N7O4S/c1-3-38(35,36)33-10-7-22(8-11-33)37-26(34)32-9-6-19-4-5-20(16-21(19)18-32)23-17-24(29-25(27)28-23)31-14-12-30(2)13-15-31/h4-5,16-17,22H,3,6-15,18H2,1-2H3,(H2,27,28,29). The van der Waals surface area contributed by atoms with E-state index in [0.29, 0.717) is 39.0 Å². The van der Waals surface area contributed by atoms with Crippen molar-refractivity contribution in [2.45, 2.75) is 38.8 Å². The Hall–Kier alpha value is -2.96. The smallest absolute Gasteiger partial charge is 0.410 e. The monoisotopic (exact) mass is 543 g/mol. The second-order valence-corrected chi connectivity index (χ2v) is 12.6. The van der Waals surface area contributed by atoms with Gasteiger partial charge in [-0.25, -0.2) is 22.5 Å². The molecule has 2 fully saturated rings. The van der Waals surface area contributed by atoms with Gasteiger partial charge in [-0.05, 0) is 50.4 Å². The van der Waals surface area contributed by atoms with E-state index in [1.54, 1.807) is 11.8 Å². The molecule has 2 saturated heterocycles. The number of rotatable bonds is 5. The first kappa shape index (κ1) is 26.6. The van der Waals surface area contributed by atoms with Gasteiger partial charge < -0.3 is 25.2 Å². The number of piperazine rings is 1. The third kappa shape index (κ3) is 5.87. The van der Waals surface area contributed by atoms with Gasteiger partial charge in [-0.3, -0.25) is 0 Å². The average molecular weight is 544 g/mol. The molecule has 206 valence electrons. The molecule has 12 heteroatoms. The first-order chi connectivity index (χ1) is 18.2. The number of sulfonamides is 1. The number of ether oxygens (including phenoxy) is 1. The van der Waals surface area contributed by atoms with E-state index < -0.39 is 10.0 Å². The van der Waals surface area contributed by atoms with Crippen molar-refractivity contribution in [3.8, 4) is 11.3 Å². The summed E-state index contributed by atoms with van der Waals surface area (Å²) in [6, 6.07) is 8.23. The maximum atomic E-state index is 13.0. The molecule has 5 rings (SSSR count). The number of carbonyl (C=O) groups is 1. The second-order valence-electron chi connectivity index (χ2n) is 10.3. The van der Waals surface area contributed by atoms with E-state index in [1.165, 1.54) is 9.87 Å². The second kappa shape index (κ2) is 11.0. The molecule has 0 bridgehead atoms. The molecule has 2 N–H and O–H groups in total. The number of nitrogens with two attached hydrogens (primary N) is 1. The van der Waals surface area contributed by atoms with Gasteiger partial charge in [0.1, 0.15) is 11.9 Å². The minimum absolute atomic E-state index is 0.0887. The fraction of sp³-hybridized carbons (Fsp3) is 0.577. The van der Waals surface area contributed by atoms with Crippen molar-refractivity contribution in [3.63, 3.8) is 0 Å². The molecule has 11 nitrogen and oxygen atoms in total. The third-order valence-corrected chi connectivity index (χ3v) is 9.64. The summed E-state index contributed by atoms with van der Waals surface area (Å²) in [7, 11) is -1.09. The Bertz CT molecular complexity index is 1270. The number of hydrogen-bond acceptors (Lipinski definition) is 9. The van der Waals surface area contributed by atoms with Crippen LogP contribution in [0.2, 0.25) is 0 Å². The lowest BCUT2D eigenvalue weighted by Crippen LogP contribution is -2.44. The number of likely N-dealkylation sites (N-methyl/N-ethyl adjacent to an activating group) is 1. The van der Waals surface area contributed by atoms with Crippen LogP contribution in [-0.2, 0) is 27.7 Å². The molecule has 0 atom stereocenters. The van der Waals surface area contributed by atoms with Crippen molar-refractivity contribution in [3.05, 3.63) is 35.4 Å². The molecule has 0 radical (unpaired) electrons. The molecule has 1 amide bonds. The molecule has 3 aliphatic heterocycles. The van der Waals surface area contributed by atoms with Gasteiger partial charge in [0.2, 0.25) is 16.0 Å². The zero-order valence-electron chi connectivity index (χ0n) is 22.2. The van der Waals surface area contributed by atoms with Crippen molar-refractivity contribution < 1.29 is 17.9 Å². The molecule has 38 heavy (non-hydrogen) atoms. The summed E-state index contributed by atoms with van der Waals surface area (Å²) >= 11 is 0. The van der Waals surface area contributed by atoms with E-state index in [9.17, 15) is 13.2 Å². The summed E-state index contributed by atoms with van der Waals surface area (Å²) in [5, 5.41) is 0. The third-order valence-electron chi connectivity index (χ3n) is 7.76. The number of hydrogen-bond donors (Lipinski definition) is 1. The largest absolute Gasteiger partial charge is 0.446 e. The van der Waals surface area contributed by atoms with E-state index in [-0.39, 0.29) is 23.9 Å². The Balaban J connectivity index is 1.25. The molecule has 4 heterocycles. The fourth-order valence-electron chi connectivity index (χ4n) is 5.30. The first-order valence-electron chi connectivity index (χ1n) is 13.4. The summed E-state index contributed by atoms with van der Waals surface area (Å²) < 4.78 is 31.5. The SMILES string of the molecule is CCS(=O)(=O)N1CCC(OC(=O)N2CCc3ccc(-c4cc(N5CCN(C)CC5)nc(N)n4)cc3C2)CC1. The van der Waals surface area contributed by atoms with Crippen LogP contribution in [0.3, 0.4) is 0 Å². The summed E-state index contributed by atoms with van der Waals surface area (Å²) in [4.78, 5) is 28.2. The molecular weight excluding hydrogens is 506 g/mol. The maximum absolute atomic E-state index is 13.0. The van der Waals surface area contributed by atoms with Gasteiger partial charge in [0, 0.05) is 64.0 Å². The predicted molar refractivity (Wildman–Crippen MR) is 146 cm³/mol. The van der Waals surface area contributed by atoms with Crippen LogP contribution in [0.1, 0.15) is 30.9 Å². The number of nitrogens with zero attached hydrogens (tertiary/aromatic N) is 6. The van der Waals surface area contributed by atoms with Crippen LogP contribution in [-0.4, -0.2) is 103 Å². The van der Waals surface area contributed by atoms with Crippen LogP contribution in [0, 0.1) is 0 Å². The fourth-order valence-corrected chi connectivity index (χ4v) is 6.43. The Morgan fingerprint density at radius 3 is 2.47 bits per heavy atom. The normalized spacial score (nSPS) is 19.8. The predicted octanol–water partition coefficient (Wildman–Crippen LogP) is 1.79. The number of benzene rings is 1. The molecule has 0 unspecified atom stereocenters. The van der Waals surface area contributed by atoms with E-state index >= 15 is 0 Å². The number of amides is 1. The number of carbonyl (C=O) groups excluding carboxylic acids is 1. The van der Waals surface area contributed by atoms with Crippen LogP contribution in [0.4, 0.5) is 16.6 Å². The van der Waals surface area contributed by atoms with Gasteiger partial charge in [-0.2, -0.15) is 4.98 Å². The number of anilines is 2. The molecule has 0 saturated carbocycles. The number of nitrogen functional groups attached to an aromatic ring is 1. The Kier molecular flexibility index (Phi) is 7.73. The average Bonchev–Trinajstić information content (AvgIpc) is 2.92. The van der Waals surface area contributed by atoms with E-state index in [4.69, 9.17) is 10.5 Å². The van der Waals surface area contributed by atoms with Gasteiger partial charge in [0.05, 0.1) is 11.4 Å². The lowest BCUT2D eigenvalue weighted by molar-refractivity contribution is 0.0375. The lowest BCUT2D eigenvalue weighted by Gasteiger charge is -2.34. The lowest BCUT2D eigenvalue weighted by atomic mass is 9.96. The molecule has 0 aliphatic carbocycles. The minimum atomic E-state index is -3.21. The molecular formula is C26H37N7O4S. The van der Waals surface area contributed by atoms with Gasteiger partial charge in [0.25, 0.3) is 0 Å². The summed E-state index contributed by atoms with van der Waals surface area (Å²) in [5.41, 5.74) is 10.1. The van der Waals surface area contributed by atoms with Crippen molar-refractivity contribution in [2.75, 3.05) is 69.2 Å². The van der Waals surface area contributed by atoms with E-state index in [1.807, 2.05) is 6.07 Å². The van der Waals surface area contributed by atoms with Crippen LogP contribution in [0.15, 0.2) is 24.3 Å². The highest BCUT2D eigenvalue weighted by atomic mass is 32.2. The Morgan fingerprint density at radius 2 is 1.76 bits per heavy atom. The minimum Gasteiger partial charge on any atom is -0.446 e. The number of piperidine rings is 1. The highest BCUT2D eigenvalue weighted by Crippen LogP contribution is 2.29. The van der Waals surface area contributed by atoms with Crippen molar-refractivity contribution in [1.82, 2.24) is 24.1 Å². The van der Waals surface area contributed by atoms with Crippen LogP contribution < -0.4 is 10.6 Å². The van der Waals surface area contributed by atoms with Gasteiger partial charge in [-0.15, -0.1) is 0 Å². The zero-order chi connectivity index (χ0) is 26.9. The molecule has 0 spiro atoms. The molecule has 1 aromatic carbocycles. The molecule has 2 aromatic rings. The summed E-state index contributed by atoms with van der Waals surface area (Å²) in [6.07, 6.45) is 1.17. The summed E-state index contributed by atoms with van der Waals surface area (Å²) in [6.45, 7) is 7.19. The Morgan fingerprint density at radius 1 is 1.03 bits per heavy atom. The van der Waals surface area contributed by atoms with Gasteiger partial charge >= 0.3 is 6.09 Å². The van der Waals surface area contributed by atoms with Crippen LogP contribution >= 0.6 is 0 Å². The maximum Gasteiger partial charge on any atom is 0.410 e. The zero-order valence-corrected chi connectivity index (χ0v) is 23.0. The number of fused-ring (bicyclic) bond motifs is 1. The Labute approximate surface area is 224 Å². The van der Waals surface area contributed by atoms with E-state index in [0.717, 1.165) is 55.2 Å². The van der Waals surface area contributed by atoms with Crippen molar-refractivity contribution in [2.24, 2.45) is 0 Å². The van der Waals surface area contributed by atoms with Crippen molar-refractivity contribution in [1.29, 1.82) is 0 Å². The van der Waals surface area contributed by atoms with Crippen molar-refractivity contribution >= 4 is 27.9 Å². The number of aromatic nitrogens is 2. The topological polar surface area (TPSA) is 125 Å². The van der Waals surface area contributed by atoms with Gasteiger partial charge in [0.15, 0.2) is 0 Å². The molecule has 1 aromatic heterocycles. The first-order valence-corrected chi connectivity index (χ1v) is 15.0. The van der Waals surface area contributed by atoms with Crippen LogP contribution in [0.25, 0.3) is 11.3 Å². The van der Waals surface area contributed by atoms with Crippen LogP contribution in [0.5, 0.6) is 0 Å².